The van der Waals surface area contributed by atoms with E-state index in [9.17, 15) is 9.59 Å². The van der Waals surface area contributed by atoms with Gasteiger partial charge in [-0.2, -0.15) is 0 Å². The SMILES string of the molecule is Cc1nc([C@@H]2CCCCN2C(=O)CN2CCOCC2)ncc1C(=O)N1CCCCC1. The van der Waals surface area contributed by atoms with Gasteiger partial charge < -0.3 is 14.5 Å². The van der Waals surface area contributed by atoms with E-state index in [-0.39, 0.29) is 17.9 Å². The number of aryl methyl sites for hydroxylation is 1. The lowest BCUT2D eigenvalue weighted by molar-refractivity contribution is -0.137. The van der Waals surface area contributed by atoms with Gasteiger partial charge in [-0.25, -0.2) is 9.97 Å². The highest BCUT2D eigenvalue weighted by molar-refractivity contribution is 5.95. The van der Waals surface area contributed by atoms with Gasteiger partial charge in [-0.1, -0.05) is 0 Å². The van der Waals surface area contributed by atoms with Gasteiger partial charge in [0.2, 0.25) is 5.91 Å². The molecule has 0 aliphatic carbocycles. The Morgan fingerprint density at radius 3 is 2.50 bits per heavy atom. The molecule has 4 rings (SSSR count). The highest BCUT2D eigenvalue weighted by Gasteiger charge is 2.32. The first-order valence-corrected chi connectivity index (χ1v) is 11.4. The van der Waals surface area contributed by atoms with Crippen molar-refractivity contribution in [2.45, 2.75) is 51.5 Å². The molecular formula is C22H33N5O3. The molecule has 3 aliphatic rings. The highest BCUT2D eigenvalue weighted by atomic mass is 16.5. The van der Waals surface area contributed by atoms with Gasteiger partial charge in [0.05, 0.1) is 37.1 Å². The fourth-order valence-electron chi connectivity index (χ4n) is 4.66. The summed E-state index contributed by atoms with van der Waals surface area (Å²) in [5.74, 6) is 0.830. The molecule has 8 nitrogen and oxygen atoms in total. The Balaban J connectivity index is 1.47. The Bertz CT molecular complexity index is 759. The van der Waals surface area contributed by atoms with Crippen molar-refractivity contribution in [2.24, 2.45) is 0 Å². The maximum Gasteiger partial charge on any atom is 0.257 e. The van der Waals surface area contributed by atoms with Gasteiger partial charge in [0.1, 0.15) is 0 Å². The predicted octanol–water partition coefficient (Wildman–Crippen LogP) is 1.80. The third-order valence-corrected chi connectivity index (χ3v) is 6.46. The van der Waals surface area contributed by atoms with Crippen LogP contribution < -0.4 is 0 Å². The number of hydrogen-bond acceptors (Lipinski definition) is 6. The monoisotopic (exact) mass is 415 g/mol. The van der Waals surface area contributed by atoms with Crippen LogP contribution in [0.4, 0.5) is 0 Å². The molecule has 2 amide bonds. The normalized spacial score (nSPS) is 23.4. The van der Waals surface area contributed by atoms with E-state index in [4.69, 9.17) is 9.72 Å². The van der Waals surface area contributed by atoms with Gasteiger partial charge in [-0.15, -0.1) is 0 Å². The number of piperidine rings is 2. The molecular weight excluding hydrogens is 382 g/mol. The second kappa shape index (κ2) is 9.83. The number of morpholine rings is 1. The lowest BCUT2D eigenvalue weighted by atomic mass is 10.0. The first-order chi connectivity index (χ1) is 14.6. The van der Waals surface area contributed by atoms with Crippen LogP contribution >= 0.6 is 0 Å². The molecule has 1 atom stereocenters. The average Bonchev–Trinajstić information content (AvgIpc) is 2.80. The van der Waals surface area contributed by atoms with Crippen molar-refractivity contribution >= 4 is 11.8 Å². The number of carbonyl (C=O) groups is 2. The molecule has 0 spiro atoms. The summed E-state index contributed by atoms with van der Waals surface area (Å²) in [6.45, 7) is 7.64. The lowest BCUT2D eigenvalue weighted by Crippen LogP contribution is -2.47. The third-order valence-electron chi connectivity index (χ3n) is 6.46. The molecule has 3 aliphatic heterocycles. The summed E-state index contributed by atoms with van der Waals surface area (Å²) in [7, 11) is 0. The molecule has 0 bridgehead atoms. The average molecular weight is 416 g/mol. The van der Waals surface area contributed by atoms with E-state index < -0.39 is 0 Å². The van der Waals surface area contributed by atoms with E-state index >= 15 is 0 Å². The summed E-state index contributed by atoms with van der Waals surface area (Å²) >= 11 is 0. The van der Waals surface area contributed by atoms with Crippen LogP contribution in [0.3, 0.4) is 0 Å². The van der Waals surface area contributed by atoms with Crippen molar-refractivity contribution in [3.8, 4) is 0 Å². The second-order valence-electron chi connectivity index (χ2n) is 8.57. The summed E-state index contributed by atoms with van der Waals surface area (Å²) in [6.07, 6.45) is 7.92. The van der Waals surface area contributed by atoms with Gasteiger partial charge in [-0.05, 0) is 45.4 Å². The summed E-state index contributed by atoms with van der Waals surface area (Å²) in [5.41, 5.74) is 1.30. The minimum atomic E-state index is -0.106. The molecule has 4 heterocycles. The summed E-state index contributed by atoms with van der Waals surface area (Å²) in [4.78, 5) is 41.2. The Kier molecular flexibility index (Phi) is 6.94. The van der Waals surface area contributed by atoms with E-state index in [1.165, 1.54) is 6.42 Å². The quantitative estimate of drug-likeness (QED) is 0.746. The van der Waals surface area contributed by atoms with Crippen LogP contribution in [-0.4, -0.2) is 89.0 Å². The minimum Gasteiger partial charge on any atom is -0.379 e. The number of likely N-dealkylation sites (tertiary alicyclic amines) is 2. The van der Waals surface area contributed by atoms with Gasteiger partial charge in [0.25, 0.3) is 5.91 Å². The second-order valence-corrected chi connectivity index (χ2v) is 8.57. The van der Waals surface area contributed by atoms with Crippen molar-refractivity contribution in [3.63, 3.8) is 0 Å². The first kappa shape index (κ1) is 21.2. The predicted molar refractivity (Wildman–Crippen MR) is 112 cm³/mol. The fourth-order valence-corrected chi connectivity index (χ4v) is 4.66. The Morgan fingerprint density at radius 2 is 1.77 bits per heavy atom. The topological polar surface area (TPSA) is 78.9 Å². The molecule has 8 heteroatoms. The zero-order valence-electron chi connectivity index (χ0n) is 18.0. The molecule has 1 aromatic heterocycles. The third kappa shape index (κ3) is 4.81. The molecule has 0 unspecified atom stereocenters. The first-order valence-electron chi connectivity index (χ1n) is 11.4. The maximum atomic E-state index is 13.0. The smallest absolute Gasteiger partial charge is 0.257 e. The van der Waals surface area contributed by atoms with E-state index in [1.54, 1.807) is 6.20 Å². The van der Waals surface area contributed by atoms with Gasteiger partial charge in [0.15, 0.2) is 5.82 Å². The van der Waals surface area contributed by atoms with Crippen LogP contribution in [0.1, 0.15) is 66.4 Å². The van der Waals surface area contributed by atoms with E-state index in [0.29, 0.717) is 36.8 Å². The summed E-state index contributed by atoms with van der Waals surface area (Å²) < 4.78 is 5.39. The lowest BCUT2D eigenvalue weighted by Gasteiger charge is -2.37. The van der Waals surface area contributed by atoms with Crippen LogP contribution in [0.2, 0.25) is 0 Å². The molecule has 1 aromatic rings. The van der Waals surface area contributed by atoms with Crippen LogP contribution in [0.15, 0.2) is 6.20 Å². The molecule has 164 valence electrons. The standard InChI is InChI=1S/C22H33N5O3/c1-17-18(22(29)26-8-4-2-5-9-26)15-23-21(24-17)19-7-3-6-10-27(19)20(28)16-25-11-13-30-14-12-25/h15,19H,2-14,16H2,1H3/t19-/m0/s1. The van der Waals surface area contributed by atoms with E-state index in [0.717, 1.165) is 64.8 Å². The maximum absolute atomic E-state index is 13.0. The number of hydrogen-bond donors (Lipinski definition) is 0. The summed E-state index contributed by atoms with van der Waals surface area (Å²) in [6, 6.07) is -0.106. The van der Waals surface area contributed by atoms with Crippen LogP contribution in [0, 0.1) is 6.92 Å². The minimum absolute atomic E-state index is 0.0302. The Labute approximate surface area is 178 Å². The van der Waals surface area contributed by atoms with Crippen molar-refractivity contribution in [3.05, 3.63) is 23.3 Å². The number of carbonyl (C=O) groups excluding carboxylic acids is 2. The van der Waals surface area contributed by atoms with Crippen LogP contribution in [-0.2, 0) is 9.53 Å². The largest absolute Gasteiger partial charge is 0.379 e. The number of nitrogens with zero attached hydrogens (tertiary/aromatic N) is 5. The molecule has 0 saturated carbocycles. The van der Waals surface area contributed by atoms with Crippen molar-refractivity contribution < 1.29 is 14.3 Å². The van der Waals surface area contributed by atoms with E-state index in [1.807, 2.05) is 16.7 Å². The molecule has 30 heavy (non-hydrogen) atoms. The van der Waals surface area contributed by atoms with Crippen LogP contribution in [0.5, 0.6) is 0 Å². The molecule has 3 saturated heterocycles. The van der Waals surface area contributed by atoms with Crippen LogP contribution in [0.25, 0.3) is 0 Å². The van der Waals surface area contributed by atoms with Gasteiger partial charge >= 0.3 is 0 Å². The molecule has 0 aromatic carbocycles. The number of ether oxygens (including phenoxy) is 1. The Hall–Kier alpha value is -2.06. The zero-order valence-corrected chi connectivity index (χ0v) is 18.0. The van der Waals surface area contributed by atoms with Gasteiger partial charge in [0, 0.05) is 38.9 Å². The van der Waals surface area contributed by atoms with Crippen molar-refractivity contribution in [2.75, 3.05) is 52.5 Å². The number of aromatic nitrogens is 2. The van der Waals surface area contributed by atoms with Crippen molar-refractivity contribution in [1.82, 2.24) is 24.7 Å². The number of amides is 2. The molecule has 0 N–H and O–H groups in total. The van der Waals surface area contributed by atoms with Crippen molar-refractivity contribution in [1.29, 1.82) is 0 Å². The Morgan fingerprint density at radius 1 is 1.03 bits per heavy atom. The molecule has 3 fully saturated rings. The summed E-state index contributed by atoms with van der Waals surface area (Å²) in [5, 5.41) is 0. The fraction of sp³-hybridized carbons (Fsp3) is 0.727. The zero-order chi connectivity index (χ0) is 20.9. The highest BCUT2D eigenvalue weighted by Crippen LogP contribution is 2.29. The van der Waals surface area contributed by atoms with E-state index in [2.05, 4.69) is 9.88 Å². The van der Waals surface area contributed by atoms with Gasteiger partial charge in [-0.3, -0.25) is 14.5 Å². The number of rotatable bonds is 4. The molecule has 0 radical (unpaired) electrons.